The number of nitrogens with one attached hydrogen (secondary N) is 1. The van der Waals surface area contributed by atoms with Crippen LogP contribution in [-0.4, -0.2) is 28.0 Å². The molecule has 0 fully saturated rings. The average Bonchev–Trinajstić information content (AvgIpc) is 2.28. The lowest BCUT2D eigenvalue weighted by molar-refractivity contribution is -0.137. The van der Waals surface area contributed by atoms with Crippen molar-refractivity contribution in [2.75, 3.05) is 0 Å². The molecule has 18 heavy (non-hydrogen) atoms. The standard InChI is InChI=1S/C13H18N2O3/c1-8(2)11(6-12(16)17)15-13(18)10-5-4-9(3)14-7-10/h4-5,7-8,11H,6H2,1-3H3,(H,15,18)(H,16,17). The first kappa shape index (κ1) is 14.2. The molecule has 1 atom stereocenters. The zero-order chi connectivity index (χ0) is 13.7. The molecule has 0 aliphatic rings. The highest BCUT2D eigenvalue weighted by Gasteiger charge is 2.20. The first-order valence-electron chi connectivity index (χ1n) is 5.85. The molecular formula is C13H18N2O3. The molecule has 1 amide bonds. The molecule has 1 aromatic rings. The van der Waals surface area contributed by atoms with Crippen LogP contribution < -0.4 is 5.32 Å². The van der Waals surface area contributed by atoms with Crippen molar-refractivity contribution in [3.63, 3.8) is 0 Å². The van der Waals surface area contributed by atoms with Gasteiger partial charge in [0.1, 0.15) is 0 Å². The highest BCUT2D eigenvalue weighted by atomic mass is 16.4. The molecule has 2 N–H and O–H groups in total. The molecule has 0 aliphatic heterocycles. The van der Waals surface area contributed by atoms with E-state index in [2.05, 4.69) is 10.3 Å². The summed E-state index contributed by atoms with van der Waals surface area (Å²) in [5, 5.41) is 11.5. The van der Waals surface area contributed by atoms with Gasteiger partial charge in [-0.25, -0.2) is 0 Å². The minimum atomic E-state index is -0.920. The highest BCUT2D eigenvalue weighted by Crippen LogP contribution is 2.08. The van der Waals surface area contributed by atoms with E-state index in [-0.39, 0.29) is 24.3 Å². The molecule has 5 heteroatoms. The second kappa shape index (κ2) is 6.14. The summed E-state index contributed by atoms with van der Waals surface area (Å²) in [6, 6.07) is 3.04. The lowest BCUT2D eigenvalue weighted by Crippen LogP contribution is -2.40. The van der Waals surface area contributed by atoms with Gasteiger partial charge in [-0.2, -0.15) is 0 Å². The van der Waals surface area contributed by atoms with E-state index < -0.39 is 5.97 Å². The van der Waals surface area contributed by atoms with Crippen LogP contribution in [0, 0.1) is 12.8 Å². The number of amides is 1. The topological polar surface area (TPSA) is 79.3 Å². The Morgan fingerprint density at radius 1 is 1.39 bits per heavy atom. The summed E-state index contributed by atoms with van der Waals surface area (Å²) < 4.78 is 0. The van der Waals surface area contributed by atoms with Crippen LogP contribution in [0.2, 0.25) is 0 Å². The molecule has 0 saturated carbocycles. The first-order chi connectivity index (χ1) is 8.40. The lowest BCUT2D eigenvalue weighted by atomic mass is 10.0. The van der Waals surface area contributed by atoms with Gasteiger partial charge >= 0.3 is 5.97 Å². The smallest absolute Gasteiger partial charge is 0.305 e. The van der Waals surface area contributed by atoms with Crippen molar-refractivity contribution < 1.29 is 14.7 Å². The minimum Gasteiger partial charge on any atom is -0.481 e. The molecule has 1 heterocycles. The second-order valence-corrected chi connectivity index (χ2v) is 4.61. The molecule has 0 aliphatic carbocycles. The van der Waals surface area contributed by atoms with Gasteiger partial charge in [-0.05, 0) is 25.0 Å². The zero-order valence-electron chi connectivity index (χ0n) is 10.8. The monoisotopic (exact) mass is 250 g/mol. The van der Waals surface area contributed by atoms with Crippen LogP contribution in [0.25, 0.3) is 0 Å². The van der Waals surface area contributed by atoms with E-state index >= 15 is 0 Å². The molecular weight excluding hydrogens is 232 g/mol. The number of carbonyl (C=O) groups excluding carboxylic acids is 1. The Hall–Kier alpha value is -1.91. The second-order valence-electron chi connectivity index (χ2n) is 4.61. The number of aliphatic carboxylic acids is 1. The fourth-order valence-electron chi connectivity index (χ4n) is 1.50. The van der Waals surface area contributed by atoms with Crippen molar-refractivity contribution in [1.29, 1.82) is 0 Å². The number of nitrogens with zero attached hydrogens (tertiary/aromatic N) is 1. The number of hydrogen-bond acceptors (Lipinski definition) is 3. The maximum absolute atomic E-state index is 11.9. The lowest BCUT2D eigenvalue weighted by Gasteiger charge is -2.20. The predicted molar refractivity (Wildman–Crippen MR) is 67.3 cm³/mol. The van der Waals surface area contributed by atoms with E-state index in [4.69, 9.17) is 5.11 Å². The Bertz CT molecular complexity index is 426. The van der Waals surface area contributed by atoms with E-state index in [0.717, 1.165) is 5.69 Å². The summed E-state index contributed by atoms with van der Waals surface area (Å²) in [7, 11) is 0. The van der Waals surface area contributed by atoms with Crippen molar-refractivity contribution >= 4 is 11.9 Å². The van der Waals surface area contributed by atoms with Crippen molar-refractivity contribution in [2.45, 2.75) is 33.2 Å². The Labute approximate surface area is 106 Å². The third kappa shape index (κ3) is 4.16. The summed E-state index contributed by atoms with van der Waals surface area (Å²) in [6.45, 7) is 5.59. The van der Waals surface area contributed by atoms with Crippen molar-refractivity contribution in [2.24, 2.45) is 5.92 Å². The number of carboxylic acids is 1. The largest absolute Gasteiger partial charge is 0.481 e. The summed E-state index contributed by atoms with van der Waals surface area (Å²) in [4.78, 5) is 26.7. The number of hydrogen-bond donors (Lipinski definition) is 2. The average molecular weight is 250 g/mol. The van der Waals surface area contributed by atoms with Gasteiger partial charge in [0.15, 0.2) is 0 Å². The Morgan fingerprint density at radius 2 is 2.06 bits per heavy atom. The Kier molecular flexibility index (Phi) is 4.83. The van der Waals surface area contributed by atoms with Gasteiger partial charge in [0, 0.05) is 17.9 Å². The van der Waals surface area contributed by atoms with Crippen LogP contribution in [0.3, 0.4) is 0 Å². The number of carbonyl (C=O) groups is 2. The third-order valence-electron chi connectivity index (χ3n) is 2.69. The van der Waals surface area contributed by atoms with Crippen molar-refractivity contribution in [3.8, 4) is 0 Å². The van der Waals surface area contributed by atoms with Gasteiger partial charge in [0.2, 0.25) is 0 Å². The number of pyridine rings is 1. The molecule has 1 unspecified atom stereocenters. The van der Waals surface area contributed by atoms with Crippen LogP contribution in [0.1, 0.15) is 36.3 Å². The summed E-state index contributed by atoms with van der Waals surface area (Å²) in [6.07, 6.45) is 1.41. The van der Waals surface area contributed by atoms with Gasteiger partial charge in [0.05, 0.1) is 12.0 Å². The third-order valence-corrected chi connectivity index (χ3v) is 2.69. The molecule has 1 rings (SSSR count). The Balaban J connectivity index is 2.72. The quantitative estimate of drug-likeness (QED) is 0.832. The molecule has 5 nitrogen and oxygen atoms in total. The molecule has 98 valence electrons. The van der Waals surface area contributed by atoms with Crippen molar-refractivity contribution in [1.82, 2.24) is 10.3 Å². The fraction of sp³-hybridized carbons (Fsp3) is 0.462. The van der Waals surface area contributed by atoms with Gasteiger partial charge in [0.25, 0.3) is 5.91 Å². The molecule has 0 spiro atoms. The van der Waals surface area contributed by atoms with Crippen LogP contribution in [0.15, 0.2) is 18.3 Å². The van der Waals surface area contributed by atoms with Gasteiger partial charge in [-0.3, -0.25) is 14.6 Å². The maximum Gasteiger partial charge on any atom is 0.305 e. The van der Waals surface area contributed by atoms with Crippen molar-refractivity contribution in [3.05, 3.63) is 29.6 Å². The molecule has 0 bridgehead atoms. The molecule has 0 saturated heterocycles. The van der Waals surface area contributed by atoms with E-state index in [1.54, 1.807) is 12.1 Å². The highest BCUT2D eigenvalue weighted by molar-refractivity contribution is 5.94. The SMILES string of the molecule is Cc1ccc(C(=O)NC(CC(=O)O)C(C)C)cn1. The predicted octanol–water partition coefficient (Wildman–Crippen LogP) is 1.62. The number of rotatable bonds is 5. The van der Waals surface area contributed by atoms with Crippen LogP contribution in [-0.2, 0) is 4.79 Å². The van der Waals surface area contributed by atoms with Gasteiger partial charge in [-0.1, -0.05) is 13.8 Å². The van der Waals surface area contributed by atoms with Crippen LogP contribution in [0.4, 0.5) is 0 Å². The van der Waals surface area contributed by atoms with E-state index in [9.17, 15) is 9.59 Å². The van der Waals surface area contributed by atoms with E-state index in [1.165, 1.54) is 6.20 Å². The normalized spacial score (nSPS) is 12.2. The van der Waals surface area contributed by atoms with Crippen LogP contribution >= 0.6 is 0 Å². The summed E-state index contributed by atoms with van der Waals surface area (Å²) in [5.74, 6) is -1.15. The fourth-order valence-corrected chi connectivity index (χ4v) is 1.50. The summed E-state index contributed by atoms with van der Waals surface area (Å²) in [5.41, 5.74) is 1.27. The summed E-state index contributed by atoms with van der Waals surface area (Å²) >= 11 is 0. The first-order valence-corrected chi connectivity index (χ1v) is 5.85. The molecule has 0 radical (unpaired) electrons. The van der Waals surface area contributed by atoms with Gasteiger partial charge in [-0.15, -0.1) is 0 Å². The molecule has 0 aromatic carbocycles. The number of aryl methyl sites for hydroxylation is 1. The maximum atomic E-state index is 11.9. The van der Waals surface area contributed by atoms with Crippen LogP contribution in [0.5, 0.6) is 0 Å². The van der Waals surface area contributed by atoms with Gasteiger partial charge < -0.3 is 10.4 Å². The van der Waals surface area contributed by atoms with E-state index in [1.807, 2.05) is 20.8 Å². The minimum absolute atomic E-state index is 0.0588. The number of aromatic nitrogens is 1. The zero-order valence-corrected chi connectivity index (χ0v) is 10.8. The molecule has 1 aromatic heterocycles. The number of carboxylic acid groups (broad SMARTS) is 1. The Morgan fingerprint density at radius 3 is 2.50 bits per heavy atom. The van der Waals surface area contributed by atoms with E-state index in [0.29, 0.717) is 5.56 Å².